The molecule has 0 aliphatic carbocycles. The Morgan fingerprint density at radius 2 is 1.93 bits per heavy atom. The number of hydrogen-bond acceptors (Lipinski definition) is 1. The van der Waals surface area contributed by atoms with Gasteiger partial charge in [-0.25, -0.2) is 0 Å². The van der Waals surface area contributed by atoms with Gasteiger partial charge in [0.1, 0.15) is 0 Å². The minimum absolute atomic E-state index is 0.861. The van der Waals surface area contributed by atoms with Crippen molar-refractivity contribution in [2.75, 3.05) is 7.05 Å². The first-order chi connectivity index (χ1) is 7.31. The van der Waals surface area contributed by atoms with Gasteiger partial charge in [-0.1, -0.05) is 38.8 Å². The van der Waals surface area contributed by atoms with Crippen molar-refractivity contribution < 1.29 is 0 Å². The molecule has 0 radical (unpaired) electrons. The van der Waals surface area contributed by atoms with Gasteiger partial charge in [0.25, 0.3) is 0 Å². The van der Waals surface area contributed by atoms with Crippen LogP contribution in [0.4, 0.5) is 0 Å². The molecule has 0 spiro atoms. The van der Waals surface area contributed by atoms with Crippen LogP contribution in [0.1, 0.15) is 59.3 Å². The number of hydrogen-bond donors (Lipinski definition) is 0. The monoisotopic (exact) mass is 209 g/mol. The van der Waals surface area contributed by atoms with Crippen LogP contribution < -0.4 is 0 Å². The first kappa shape index (κ1) is 12.8. The summed E-state index contributed by atoms with van der Waals surface area (Å²) >= 11 is 0. The predicted molar refractivity (Wildman–Crippen MR) is 68.1 cm³/mol. The van der Waals surface area contributed by atoms with Gasteiger partial charge in [-0.3, -0.25) is 4.90 Å². The maximum absolute atomic E-state index is 2.61. The van der Waals surface area contributed by atoms with Gasteiger partial charge >= 0.3 is 0 Å². The van der Waals surface area contributed by atoms with Crippen LogP contribution in [0.25, 0.3) is 0 Å². The number of rotatable bonds is 2. The predicted octanol–water partition coefficient (Wildman–Crippen LogP) is 4.00. The minimum Gasteiger partial charge on any atom is -0.300 e. The number of nitrogens with zero attached hydrogens (tertiary/aromatic N) is 1. The zero-order valence-electron chi connectivity index (χ0n) is 10.9. The third-order valence-corrected chi connectivity index (χ3v) is 3.73. The molecule has 1 nitrogen and oxygen atoms in total. The zero-order chi connectivity index (χ0) is 11.3. The highest BCUT2D eigenvalue weighted by Gasteiger charge is 2.31. The summed E-state index contributed by atoms with van der Waals surface area (Å²) in [4.78, 5) is 2.61. The summed E-state index contributed by atoms with van der Waals surface area (Å²) in [7, 11) is 2.31. The van der Waals surface area contributed by atoms with E-state index >= 15 is 0 Å². The summed E-state index contributed by atoms with van der Waals surface area (Å²) in [5.74, 6) is 0. The van der Waals surface area contributed by atoms with Crippen molar-refractivity contribution in [3.05, 3.63) is 11.6 Å². The molecule has 0 aromatic rings. The van der Waals surface area contributed by atoms with Crippen molar-refractivity contribution in [3.8, 4) is 0 Å². The lowest BCUT2D eigenvalue weighted by molar-refractivity contribution is 0.247. The van der Waals surface area contributed by atoms with E-state index < -0.39 is 0 Å². The molecule has 1 heteroatoms. The SMILES string of the molecule is CC.CCCC1=CCC2CCC(C1)N2C. The van der Waals surface area contributed by atoms with Crippen LogP contribution in [0.2, 0.25) is 0 Å². The molecule has 2 atom stereocenters. The zero-order valence-corrected chi connectivity index (χ0v) is 10.9. The summed E-state index contributed by atoms with van der Waals surface area (Å²) in [5.41, 5.74) is 1.72. The van der Waals surface area contributed by atoms with E-state index in [1.54, 1.807) is 5.57 Å². The molecule has 1 saturated heterocycles. The first-order valence-electron chi connectivity index (χ1n) is 6.71. The topological polar surface area (TPSA) is 3.24 Å². The van der Waals surface area contributed by atoms with Crippen molar-refractivity contribution in [1.82, 2.24) is 4.90 Å². The fourth-order valence-corrected chi connectivity index (χ4v) is 2.83. The van der Waals surface area contributed by atoms with Crippen LogP contribution in [-0.2, 0) is 0 Å². The Balaban J connectivity index is 0.000000531. The Bertz CT molecular complexity index is 207. The summed E-state index contributed by atoms with van der Waals surface area (Å²) in [6, 6.07) is 1.73. The first-order valence-corrected chi connectivity index (χ1v) is 6.71. The van der Waals surface area contributed by atoms with Crippen molar-refractivity contribution in [2.45, 2.75) is 71.4 Å². The van der Waals surface area contributed by atoms with Crippen LogP contribution in [-0.4, -0.2) is 24.0 Å². The Morgan fingerprint density at radius 3 is 2.60 bits per heavy atom. The molecule has 2 unspecified atom stereocenters. The normalized spacial score (nSPS) is 30.3. The van der Waals surface area contributed by atoms with E-state index in [2.05, 4.69) is 24.9 Å². The Morgan fingerprint density at radius 1 is 1.27 bits per heavy atom. The molecule has 0 aromatic heterocycles. The van der Waals surface area contributed by atoms with E-state index in [0.717, 1.165) is 12.1 Å². The van der Waals surface area contributed by atoms with Gasteiger partial charge in [0.05, 0.1) is 0 Å². The van der Waals surface area contributed by atoms with E-state index in [-0.39, 0.29) is 0 Å². The Kier molecular flexibility index (Phi) is 5.38. The molecule has 88 valence electrons. The molecule has 2 bridgehead atoms. The summed E-state index contributed by atoms with van der Waals surface area (Å²) in [6.07, 6.45) is 10.7. The summed E-state index contributed by atoms with van der Waals surface area (Å²) in [5, 5.41) is 0. The Labute approximate surface area is 95.5 Å². The van der Waals surface area contributed by atoms with Crippen molar-refractivity contribution in [1.29, 1.82) is 0 Å². The second kappa shape index (κ2) is 6.32. The third-order valence-electron chi connectivity index (χ3n) is 3.73. The molecule has 0 N–H and O–H groups in total. The molecule has 2 aliphatic rings. The molecule has 0 aromatic carbocycles. The molecule has 2 aliphatic heterocycles. The van der Waals surface area contributed by atoms with E-state index in [4.69, 9.17) is 0 Å². The lowest BCUT2D eigenvalue weighted by Crippen LogP contribution is -2.30. The van der Waals surface area contributed by atoms with Gasteiger partial charge in [0, 0.05) is 12.1 Å². The molecule has 0 amide bonds. The van der Waals surface area contributed by atoms with Gasteiger partial charge in [-0.05, 0) is 39.2 Å². The van der Waals surface area contributed by atoms with Gasteiger partial charge in [-0.15, -0.1) is 0 Å². The highest BCUT2D eigenvalue weighted by molar-refractivity contribution is 5.11. The van der Waals surface area contributed by atoms with Crippen molar-refractivity contribution in [3.63, 3.8) is 0 Å². The van der Waals surface area contributed by atoms with Gasteiger partial charge in [0.2, 0.25) is 0 Å². The molecular weight excluding hydrogens is 182 g/mol. The van der Waals surface area contributed by atoms with Gasteiger partial charge < -0.3 is 0 Å². The quantitative estimate of drug-likeness (QED) is 0.621. The maximum atomic E-state index is 2.61. The summed E-state index contributed by atoms with van der Waals surface area (Å²) in [6.45, 7) is 6.29. The highest BCUT2D eigenvalue weighted by atomic mass is 15.2. The van der Waals surface area contributed by atoms with Crippen LogP contribution in [0.5, 0.6) is 0 Å². The average Bonchev–Trinajstić information content (AvgIpc) is 2.50. The van der Waals surface area contributed by atoms with Crippen LogP contribution in [0.15, 0.2) is 11.6 Å². The van der Waals surface area contributed by atoms with E-state index in [1.165, 1.54) is 38.5 Å². The highest BCUT2D eigenvalue weighted by Crippen LogP contribution is 2.33. The molecule has 1 fully saturated rings. The average molecular weight is 209 g/mol. The fourth-order valence-electron chi connectivity index (χ4n) is 2.83. The van der Waals surface area contributed by atoms with E-state index in [1.807, 2.05) is 13.8 Å². The second-order valence-electron chi connectivity index (χ2n) is 4.60. The van der Waals surface area contributed by atoms with Crippen LogP contribution in [0.3, 0.4) is 0 Å². The Hall–Kier alpha value is -0.300. The maximum Gasteiger partial charge on any atom is 0.0133 e. The van der Waals surface area contributed by atoms with Crippen molar-refractivity contribution >= 4 is 0 Å². The summed E-state index contributed by atoms with van der Waals surface area (Å²) < 4.78 is 0. The number of fused-ring (bicyclic) bond motifs is 2. The smallest absolute Gasteiger partial charge is 0.0133 e. The second-order valence-corrected chi connectivity index (χ2v) is 4.60. The lowest BCUT2D eigenvalue weighted by atomic mass is 9.97. The van der Waals surface area contributed by atoms with Crippen LogP contribution >= 0.6 is 0 Å². The molecule has 0 saturated carbocycles. The fraction of sp³-hybridized carbons (Fsp3) is 0.857. The molecule has 2 rings (SSSR count). The lowest BCUT2D eigenvalue weighted by Gasteiger charge is -2.22. The largest absolute Gasteiger partial charge is 0.300 e. The van der Waals surface area contributed by atoms with Gasteiger partial charge in [-0.2, -0.15) is 0 Å². The van der Waals surface area contributed by atoms with E-state index in [0.29, 0.717) is 0 Å². The molecule has 15 heavy (non-hydrogen) atoms. The van der Waals surface area contributed by atoms with Crippen LogP contribution in [0, 0.1) is 0 Å². The standard InChI is InChI=1S/C12H21N.C2H6/c1-3-4-10-5-6-11-7-8-12(9-10)13(11)2;1-2/h5,11-12H,3-4,6-9H2,1-2H3;1-2H3. The van der Waals surface area contributed by atoms with E-state index in [9.17, 15) is 0 Å². The third kappa shape index (κ3) is 3.07. The molecule has 2 heterocycles. The minimum atomic E-state index is 0.861. The van der Waals surface area contributed by atoms with Gasteiger partial charge in [0.15, 0.2) is 0 Å². The van der Waals surface area contributed by atoms with Crippen molar-refractivity contribution in [2.24, 2.45) is 0 Å². The molecular formula is C14H27N.